The lowest BCUT2D eigenvalue weighted by Crippen LogP contribution is -2.22. The van der Waals surface area contributed by atoms with E-state index in [0.29, 0.717) is 11.6 Å². The lowest BCUT2D eigenvalue weighted by molar-refractivity contribution is -0.0521. The van der Waals surface area contributed by atoms with Gasteiger partial charge < -0.3 is 15.8 Å². The van der Waals surface area contributed by atoms with E-state index >= 15 is 0 Å². The Bertz CT molecular complexity index is 454. The SMILES string of the molecule is CC1CCCC1Nc1cc(OC(F)F)c(F)cc1N. The average molecular weight is 274 g/mol. The molecule has 0 aliphatic heterocycles. The lowest BCUT2D eigenvalue weighted by Gasteiger charge is -2.20. The smallest absolute Gasteiger partial charge is 0.387 e. The van der Waals surface area contributed by atoms with E-state index in [4.69, 9.17) is 5.73 Å². The maximum Gasteiger partial charge on any atom is 0.387 e. The highest BCUT2D eigenvalue weighted by molar-refractivity contribution is 5.69. The van der Waals surface area contributed by atoms with Gasteiger partial charge in [0.05, 0.1) is 11.4 Å². The van der Waals surface area contributed by atoms with Crippen LogP contribution in [0, 0.1) is 11.7 Å². The molecule has 6 heteroatoms. The first-order chi connectivity index (χ1) is 8.97. The number of anilines is 2. The normalized spacial score (nSPS) is 22.8. The molecule has 3 N–H and O–H groups in total. The van der Waals surface area contributed by atoms with Crippen LogP contribution in [0.15, 0.2) is 12.1 Å². The van der Waals surface area contributed by atoms with E-state index in [1.807, 2.05) is 0 Å². The van der Waals surface area contributed by atoms with Crippen molar-refractivity contribution < 1.29 is 17.9 Å². The van der Waals surface area contributed by atoms with Gasteiger partial charge in [-0.15, -0.1) is 0 Å². The summed E-state index contributed by atoms with van der Waals surface area (Å²) in [4.78, 5) is 0. The minimum Gasteiger partial charge on any atom is -0.432 e. The van der Waals surface area contributed by atoms with E-state index in [1.165, 1.54) is 6.07 Å². The third-order valence-electron chi connectivity index (χ3n) is 3.52. The molecule has 1 aromatic rings. The van der Waals surface area contributed by atoms with Crippen molar-refractivity contribution in [3.8, 4) is 5.75 Å². The fraction of sp³-hybridized carbons (Fsp3) is 0.538. The molecule has 1 aliphatic rings. The fourth-order valence-electron chi connectivity index (χ4n) is 2.44. The molecule has 0 amide bonds. The number of nitrogens with one attached hydrogen (secondary N) is 1. The fourth-order valence-corrected chi connectivity index (χ4v) is 2.44. The first kappa shape index (κ1) is 13.8. The summed E-state index contributed by atoms with van der Waals surface area (Å²) < 4.78 is 41.9. The summed E-state index contributed by atoms with van der Waals surface area (Å²) in [7, 11) is 0. The molecular formula is C13H17F3N2O. The Kier molecular flexibility index (Phi) is 4.07. The molecule has 1 saturated carbocycles. The largest absolute Gasteiger partial charge is 0.432 e. The molecular weight excluding hydrogens is 257 g/mol. The minimum atomic E-state index is -3.06. The molecule has 1 aromatic carbocycles. The average Bonchev–Trinajstić information content (AvgIpc) is 2.70. The van der Waals surface area contributed by atoms with Crippen LogP contribution in [0.3, 0.4) is 0 Å². The van der Waals surface area contributed by atoms with Crippen LogP contribution in [0.2, 0.25) is 0 Å². The maximum absolute atomic E-state index is 13.4. The Morgan fingerprint density at radius 3 is 2.68 bits per heavy atom. The molecule has 19 heavy (non-hydrogen) atoms. The molecule has 1 aliphatic carbocycles. The molecule has 0 heterocycles. The molecule has 2 unspecified atom stereocenters. The highest BCUT2D eigenvalue weighted by Gasteiger charge is 2.24. The number of benzene rings is 1. The van der Waals surface area contributed by atoms with Gasteiger partial charge in [0.25, 0.3) is 0 Å². The van der Waals surface area contributed by atoms with Crippen LogP contribution in [0.5, 0.6) is 5.75 Å². The third-order valence-corrected chi connectivity index (χ3v) is 3.52. The van der Waals surface area contributed by atoms with Crippen LogP contribution >= 0.6 is 0 Å². The van der Waals surface area contributed by atoms with E-state index in [1.54, 1.807) is 0 Å². The van der Waals surface area contributed by atoms with Crippen LogP contribution in [-0.4, -0.2) is 12.7 Å². The van der Waals surface area contributed by atoms with Crippen molar-refractivity contribution in [2.75, 3.05) is 11.1 Å². The highest BCUT2D eigenvalue weighted by Crippen LogP contribution is 2.33. The predicted octanol–water partition coefficient (Wildman–Crippen LogP) is 3.61. The molecule has 0 bridgehead atoms. The molecule has 0 spiro atoms. The van der Waals surface area contributed by atoms with Gasteiger partial charge in [-0.1, -0.05) is 13.3 Å². The number of alkyl halides is 2. The molecule has 2 rings (SSSR count). The first-order valence-electron chi connectivity index (χ1n) is 6.27. The third kappa shape index (κ3) is 3.24. The van der Waals surface area contributed by atoms with Crippen molar-refractivity contribution in [2.45, 2.75) is 38.8 Å². The van der Waals surface area contributed by atoms with E-state index in [2.05, 4.69) is 17.0 Å². The van der Waals surface area contributed by atoms with Crippen LogP contribution in [-0.2, 0) is 0 Å². The second-order valence-corrected chi connectivity index (χ2v) is 4.91. The number of hydrogen-bond acceptors (Lipinski definition) is 3. The Morgan fingerprint density at radius 1 is 1.37 bits per heavy atom. The van der Waals surface area contributed by atoms with Crippen molar-refractivity contribution in [2.24, 2.45) is 5.92 Å². The number of nitrogen functional groups attached to an aromatic ring is 1. The topological polar surface area (TPSA) is 47.3 Å². The Morgan fingerprint density at radius 2 is 2.11 bits per heavy atom. The lowest BCUT2D eigenvalue weighted by atomic mass is 10.1. The van der Waals surface area contributed by atoms with Crippen molar-refractivity contribution in [3.63, 3.8) is 0 Å². The highest BCUT2D eigenvalue weighted by atomic mass is 19.3. The predicted molar refractivity (Wildman–Crippen MR) is 67.9 cm³/mol. The van der Waals surface area contributed by atoms with E-state index in [-0.39, 0.29) is 11.7 Å². The van der Waals surface area contributed by atoms with Crippen LogP contribution in [0.25, 0.3) is 0 Å². The van der Waals surface area contributed by atoms with Crippen LogP contribution in [0.4, 0.5) is 24.5 Å². The summed E-state index contributed by atoms with van der Waals surface area (Å²) in [6.45, 7) is -0.947. The second-order valence-electron chi connectivity index (χ2n) is 4.91. The van der Waals surface area contributed by atoms with Crippen molar-refractivity contribution in [1.82, 2.24) is 0 Å². The number of ether oxygens (including phenoxy) is 1. The first-order valence-corrected chi connectivity index (χ1v) is 6.27. The standard InChI is InChI=1S/C13H17F3N2O/c1-7-3-2-4-10(7)18-11-6-12(19-13(15)16)8(14)5-9(11)17/h5-7,10,13,18H,2-4,17H2,1H3. The summed E-state index contributed by atoms with van der Waals surface area (Å²) in [5.41, 5.74) is 6.33. The number of hydrogen-bond donors (Lipinski definition) is 2. The van der Waals surface area contributed by atoms with Gasteiger partial charge in [0.1, 0.15) is 0 Å². The zero-order valence-electron chi connectivity index (χ0n) is 10.6. The molecule has 0 radical (unpaired) electrons. The monoisotopic (exact) mass is 274 g/mol. The van der Waals surface area contributed by atoms with Crippen LogP contribution < -0.4 is 15.8 Å². The summed E-state index contributed by atoms with van der Waals surface area (Å²) in [6, 6.07) is 2.42. The van der Waals surface area contributed by atoms with Gasteiger partial charge in [0.15, 0.2) is 11.6 Å². The second kappa shape index (κ2) is 5.59. The van der Waals surface area contributed by atoms with Gasteiger partial charge in [0.2, 0.25) is 0 Å². The molecule has 0 saturated heterocycles. The van der Waals surface area contributed by atoms with Crippen molar-refractivity contribution in [1.29, 1.82) is 0 Å². The summed E-state index contributed by atoms with van der Waals surface area (Å²) in [5, 5.41) is 3.18. The van der Waals surface area contributed by atoms with Crippen LogP contribution in [0.1, 0.15) is 26.2 Å². The van der Waals surface area contributed by atoms with Crippen molar-refractivity contribution in [3.05, 3.63) is 17.9 Å². The molecule has 1 fully saturated rings. The Labute approximate surface area is 109 Å². The number of rotatable bonds is 4. The molecule has 106 valence electrons. The van der Waals surface area contributed by atoms with Gasteiger partial charge in [-0.05, 0) is 18.8 Å². The molecule has 2 atom stereocenters. The van der Waals surface area contributed by atoms with Crippen molar-refractivity contribution >= 4 is 11.4 Å². The Hall–Kier alpha value is -1.59. The van der Waals surface area contributed by atoms with Gasteiger partial charge in [-0.25, -0.2) is 4.39 Å². The number of halogens is 3. The van der Waals surface area contributed by atoms with Gasteiger partial charge in [-0.2, -0.15) is 8.78 Å². The van der Waals surface area contributed by atoms with Gasteiger partial charge in [0, 0.05) is 18.2 Å². The summed E-state index contributed by atoms with van der Waals surface area (Å²) in [5.74, 6) is -0.899. The Balaban J connectivity index is 2.19. The minimum absolute atomic E-state index is 0.193. The quantitative estimate of drug-likeness (QED) is 0.824. The van der Waals surface area contributed by atoms with E-state index in [9.17, 15) is 13.2 Å². The summed E-state index contributed by atoms with van der Waals surface area (Å²) in [6.07, 6.45) is 3.21. The zero-order valence-corrected chi connectivity index (χ0v) is 10.6. The number of nitrogens with two attached hydrogens (primary N) is 1. The van der Waals surface area contributed by atoms with E-state index in [0.717, 1.165) is 25.3 Å². The van der Waals surface area contributed by atoms with Gasteiger partial charge >= 0.3 is 6.61 Å². The maximum atomic E-state index is 13.4. The van der Waals surface area contributed by atoms with E-state index < -0.39 is 18.2 Å². The molecule has 0 aromatic heterocycles. The molecule has 3 nitrogen and oxygen atoms in total. The summed E-state index contributed by atoms with van der Waals surface area (Å²) >= 11 is 0. The zero-order chi connectivity index (χ0) is 14.0. The van der Waals surface area contributed by atoms with Gasteiger partial charge in [-0.3, -0.25) is 0 Å².